The van der Waals surface area contributed by atoms with Crippen molar-refractivity contribution in [3.8, 4) is 0 Å². The molecule has 1 aliphatic carbocycles. The highest BCUT2D eigenvalue weighted by molar-refractivity contribution is 5.95. The van der Waals surface area contributed by atoms with E-state index in [0.29, 0.717) is 6.04 Å². The zero-order valence-electron chi connectivity index (χ0n) is 10.4. The number of hydrogen-bond acceptors (Lipinski definition) is 1. The van der Waals surface area contributed by atoms with Gasteiger partial charge < -0.3 is 4.90 Å². The molecule has 0 aliphatic heterocycles. The minimum Gasteiger partial charge on any atom is -0.336 e. The van der Waals surface area contributed by atoms with Gasteiger partial charge in [-0.15, -0.1) is 0 Å². The van der Waals surface area contributed by atoms with E-state index in [-0.39, 0.29) is 11.5 Å². The summed E-state index contributed by atoms with van der Waals surface area (Å²) in [5.74, 6) is -0.571. The number of nitrogens with zero attached hydrogens (tertiary/aromatic N) is 1. The maximum absolute atomic E-state index is 13.7. The lowest BCUT2D eigenvalue weighted by Crippen LogP contribution is -2.34. The zero-order chi connectivity index (χ0) is 12.4. The molecule has 1 aromatic rings. The molecule has 1 aromatic carbocycles. The van der Waals surface area contributed by atoms with Crippen LogP contribution in [0.2, 0.25) is 0 Å². The number of benzene rings is 1. The van der Waals surface area contributed by atoms with E-state index in [0.717, 1.165) is 31.4 Å². The van der Waals surface area contributed by atoms with E-state index in [1.807, 2.05) is 18.7 Å². The van der Waals surface area contributed by atoms with Crippen molar-refractivity contribution in [1.29, 1.82) is 0 Å². The fourth-order valence-corrected chi connectivity index (χ4v) is 2.03. The van der Waals surface area contributed by atoms with E-state index in [1.165, 1.54) is 6.07 Å². The molecule has 2 rings (SSSR count). The van der Waals surface area contributed by atoms with Crippen molar-refractivity contribution in [2.75, 3.05) is 6.54 Å². The number of hydrogen-bond donors (Lipinski definition) is 0. The van der Waals surface area contributed by atoms with Crippen molar-refractivity contribution < 1.29 is 9.18 Å². The Morgan fingerprint density at radius 1 is 1.47 bits per heavy atom. The third kappa shape index (κ3) is 2.65. The molecule has 0 spiro atoms. The second kappa shape index (κ2) is 4.86. The lowest BCUT2D eigenvalue weighted by Gasteiger charge is -2.22. The first-order valence-corrected chi connectivity index (χ1v) is 6.20. The second-order valence-corrected chi connectivity index (χ2v) is 4.71. The number of rotatable bonds is 4. The van der Waals surface area contributed by atoms with Crippen LogP contribution in [0.1, 0.15) is 42.1 Å². The van der Waals surface area contributed by atoms with Crippen molar-refractivity contribution >= 4 is 5.91 Å². The Kier molecular flexibility index (Phi) is 3.46. The lowest BCUT2D eigenvalue weighted by atomic mass is 10.1. The topological polar surface area (TPSA) is 20.3 Å². The van der Waals surface area contributed by atoms with Crippen molar-refractivity contribution in [1.82, 2.24) is 4.90 Å². The number of aryl methyl sites for hydroxylation is 1. The Hall–Kier alpha value is -1.38. The molecule has 17 heavy (non-hydrogen) atoms. The van der Waals surface area contributed by atoms with Gasteiger partial charge in [0.15, 0.2) is 0 Å². The van der Waals surface area contributed by atoms with Crippen LogP contribution in [0.15, 0.2) is 18.2 Å². The molecule has 0 unspecified atom stereocenters. The van der Waals surface area contributed by atoms with E-state index in [4.69, 9.17) is 0 Å². The summed E-state index contributed by atoms with van der Waals surface area (Å²) in [6.45, 7) is 4.63. The van der Waals surface area contributed by atoms with Gasteiger partial charge in [0.25, 0.3) is 5.91 Å². The number of halogens is 1. The van der Waals surface area contributed by atoms with Crippen molar-refractivity contribution in [2.24, 2.45) is 0 Å². The molecule has 3 heteroatoms. The van der Waals surface area contributed by atoms with Gasteiger partial charge in [-0.1, -0.05) is 18.6 Å². The summed E-state index contributed by atoms with van der Waals surface area (Å²) in [5.41, 5.74) is 1.13. The predicted molar refractivity (Wildman–Crippen MR) is 65.5 cm³/mol. The highest BCUT2D eigenvalue weighted by atomic mass is 19.1. The molecule has 0 aromatic heterocycles. The normalized spacial score (nSPS) is 14.8. The smallest absolute Gasteiger partial charge is 0.257 e. The minimum absolute atomic E-state index is 0.157. The largest absolute Gasteiger partial charge is 0.336 e. The molecule has 0 bridgehead atoms. The van der Waals surface area contributed by atoms with Crippen LogP contribution in [0, 0.1) is 12.7 Å². The monoisotopic (exact) mass is 235 g/mol. The van der Waals surface area contributed by atoms with Crippen LogP contribution in [0.5, 0.6) is 0 Å². The van der Waals surface area contributed by atoms with Crippen molar-refractivity contribution in [3.63, 3.8) is 0 Å². The van der Waals surface area contributed by atoms with E-state index >= 15 is 0 Å². The van der Waals surface area contributed by atoms with Crippen LogP contribution < -0.4 is 0 Å². The first-order chi connectivity index (χ1) is 8.13. The number of carbonyl (C=O) groups excluding carboxylic acids is 1. The van der Waals surface area contributed by atoms with Gasteiger partial charge in [-0.3, -0.25) is 4.79 Å². The SMILES string of the molecule is CCCN(C(=O)c1cc(C)ccc1F)C1CC1. The Morgan fingerprint density at radius 3 is 2.76 bits per heavy atom. The Bertz CT molecular complexity index is 426. The quantitative estimate of drug-likeness (QED) is 0.785. The third-order valence-electron chi connectivity index (χ3n) is 3.07. The van der Waals surface area contributed by atoms with E-state index in [1.54, 1.807) is 12.1 Å². The van der Waals surface area contributed by atoms with Gasteiger partial charge in [0.2, 0.25) is 0 Å². The molecule has 0 N–H and O–H groups in total. The highest BCUT2D eigenvalue weighted by Gasteiger charge is 2.33. The van der Waals surface area contributed by atoms with E-state index < -0.39 is 5.82 Å². The first kappa shape index (κ1) is 12.1. The molecule has 0 atom stereocenters. The standard InChI is InChI=1S/C14H18FNO/c1-3-8-16(11-5-6-11)14(17)12-9-10(2)4-7-13(12)15/h4,7,9,11H,3,5-6,8H2,1-2H3. The molecule has 1 saturated carbocycles. The predicted octanol–water partition coefficient (Wildman–Crippen LogP) is 3.15. The Morgan fingerprint density at radius 2 is 2.18 bits per heavy atom. The number of carbonyl (C=O) groups is 1. The Balaban J connectivity index is 2.24. The molecule has 2 nitrogen and oxygen atoms in total. The average Bonchev–Trinajstić information content (AvgIpc) is 3.12. The molecular weight excluding hydrogens is 217 g/mol. The van der Waals surface area contributed by atoms with Gasteiger partial charge >= 0.3 is 0 Å². The number of amides is 1. The molecule has 1 amide bonds. The highest BCUT2D eigenvalue weighted by Crippen LogP contribution is 2.29. The van der Waals surface area contributed by atoms with Gasteiger partial charge in [-0.05, 0) is 38.3 Å². The summed E-state index contributed by atoms with van der Waals surface area (Å²) in [6.07, 6.45) is 3.02. The summed E-state index contributed by atoms with van der Waals surface area (Å²) in [6, 6.07) is 5.04. The Labute approximate surface area is 101 Å². The van der Waals surface area contributed by atoms with Crippen LogP contribution in [0.4, 0.5) is 4.39 Å². The fraction of sp³-hybridized carbons (Fsp3) is 0.500. The van der Waals surface area contributed by atoms with Gasteiger partial charge in [-0.25, -0.2) is 4.39 Å². The van der Waals surface area contributed by atoms with Crippen LogP contribution in [0.3, 0.4) is 0 Å². The molecule has 1 aliphatic rings. The van der Waals surface area contributed by atoms with Crippen LogP contribution in [-0.4, -0.2) is 23.4 Å². The first-order valence-electron chi connectivity index (χ1n) is 6.20. The van der Waals surface area contributed by atoms with Crippen LogP contribution in [0.25, 0.3) is 0 Å². The van der Waals surface area contributed by atoms with Gasteiger partial charge in [0, 0.05) is 12.6 Å². The van der Waals surface area contributed by atoms with Crippen LogP contribution >= 0.6 is 0 Å². The maximum atomic E-state index is 13.7. The fourth-order valence-electron chi connectivity index (χ4n) is 2.03. The summed E-state index contributed by atoms with van der Waals surface area (Å²) in [7, 11) is 0. The van der Waals surface area contributed by atoms with Crippen molar-refractivity contribution in [2.45, 2.75) is 39.2 Å². The molecule has 0 heterocycles. The summed E-state index contributed by atoms with van der Waals surface area (Å²) >= 11 is 0. The molecule has 0 saturated heterocycles. The van der Waals surface area contributed by atoms with Gasteiger partial charge in [0.05, 0.1) is 5.56 Å². The molecule has 92 valence electrons. The summed E-state index contributed by atoms with van der Waals surface area (Å²) in [4.78, 5) is 14.1. The van der Waals surface area contributed by atoms with E-state index in [2.05, 4.69) is 0 Å². The van der Waals surface area contributed by atoms with Crippen molar-refractivity contribution in [3.05, 3.63) is 35.1 Å². The summed E-state index contributed by atoms with van der Waals surface area (Å²) < 4.78 is 13.7. The molecular formula is C14H18FNO. The lowest BCUT2D eigenvalue weighted by molar-refractivity contribution is 0.0738. The van der Waals surface area contributed by atoms with Crippen LogP contribution in [-0.2, 0) is 0 Å². The second-order valence-electron chi connectivity index (χ2n) is 4.71. The molecule has 1 fully saturated rings. The third-order valence-corrected chi connectivity index (χ3v) is 3.07. The van der Waals surface area contributed by atoms with Gasteiger partial charge in [0.1, 0.15) is 5.82 Å². The van der Waals surface area contributed by atoms with Gasteiger partial charge in [-0.2, -0.15) is 0 Å². The summed E-state index contributed by atoms with van der Waals surface area (Å²) in [5, 5.41) is 0. The van der Waals surface area contributed by atoms with E-state index in [9.17, 15) is 9.18 Å². The maximum Gasteiger partial charge on any atom is 0.257 e. The molecule has 0 radical (unpaired) electrons. The minimum atomic E-state index is -0.414. The average molecular weight is 235 g/mol. The zero-order valence-corrected chi connectivity index (χ0v) is 10.4.